The Hall–Kier alpha value is -3.30. The van der Waals surface area contributed by atoms with Gasteiger partial charge in [-0.3, -0.25) is 9.55 Å². The Morgan fingerprint density at radius 3 is 2.71 bits per heavy atom. The summed E-state index contributed by atoms with van der Waals surface area (Å²) >= 11 is 0. The molecule has 0 N–H and O–H groups in total. The van der Waals surface area contributed by atoms with Gasteiger partial charge in [-0.05, 0) is 43.6 Å². The maximum atomic E-state index is 14.5. The summed E-state index contributed by atoms with van der Waals surface area (Å²) in [7, 11) is -0.624. The van der Waals surface area contributed by atoms with E-state index < -0.39 is 18.9 Å². The van der Waals surface area contributed by atoms with Crippen molar-refractivity contribution in [2.75, 3.05) is 19.8 Å². The molecule has 34 heavy (non-hydrogen) atoms. The molecule has 7 nitrogen and oxygen atoms in total. The molecule has 1 fully saturated rings. The fourth-order valence-electron chi connectivity index (χ4n) is 4.32. The number of carbonyl (C=O) groups excluding carboxylic acids is 1. The number of hydrogen-bond acceptors (Lipinski definition) is 6. The molecule has 5 rings (SSSR count). The Balaban J connectivity index is 1.75. The first-order valence-electron chi connectivity index (χ1n) is 11.3. The van der Waals surface area contributed by atoms with Crippen molar-refractivity contribution >= 4 is 40.5 Å². The van der Waals surface area contributed by atoms with E-state index in [1.54, 1.807) is 25.3 Å². The van der Waals surface area contributed by atoms with Crippen LogP contribution in [0.2, 0.25) is 0 Å². The van der Waals surface area contributed by atoms with Crippen LogP contribution in [0.1, 0.15) is 37.0 Å². The van der Waals surface area contributed by atoms with Gasteiger partial charge < -0.3 is 14.0 Å². The van der Waals surface area contributed by atoms with E-state index in [2.05, 4.69) is 18.8 Å². The van der Waals surface area contributed by atoms with Crippen LogP contribution >= 0.6 is 0 Å². The summed E-state index contributed by atoms with van der Waals surface area (Å²) in [6.45, 7) is 9.04. The van der Waals surface area contributed by atoms with Crippen molar-refractivity contribution in [3.8, 4) is 5.69 Å². The van der Waals surface area contributed by atoms with Crippen LogP contribution in [0.4, 0.5) is 4.39 Å². The number of nitrogens with zero attached hydrogens (tertiary/aromatic N) is 3. The average molecular weight is 461 g/mol. The molecule has 174 valence electrons. The smallest absolute Gasteiger partial charge is 0.462 e. The lowest BCUT2D eigenvalue weighted by Crippen LogP contribution is -2.47. The molecule has 1 aliphatic rings. The number of pyridine rings is 1. The second-order valence-corrected chi connectivity index (χ2v) is 9.24. The van der Waals surface area contributed by atoms with Crippen LogP contribution in [0.3, 0.4) is 0 Å². The number of rotatable bonds is 4. The van der Waals surface area contributed by atoms with Crippen LogP contribution in [0.15, 0.2) is 42.6 Å². The maximum absolute atomic E-state index is 14.5. The molecule has 0 atom stereocenters. The molecular formula is C25H25BFN3O4. The van der Waals surface area contributed by atoms with Crippen molar-refractivity contribution in [2.45, 2.75) is 27.7 Å². The van der Waals surface area contributed by atoms with Gasteiger partial charge in [0.05, 0.1) is 23.4 Å². The summed E-state index contributed by atoms with van der Waals surface area (Å²) in [5.41, 5.74) is 3.08. The highest BCUT2D eigenvalue weighted by atomic mass is 19.1. The van der Waals surface area contributed by atoms with Crippen LogP contribution in [-0.4, -0.2) is 47.4 Å². The summed E-state index contributed by atoms with van der Waals surface area (Å²) < 4.78 is 33.7. The minimum atomic E-state index is -0.624. The van der Waals surface area contributed by atoms with E-state index in [-0.39, 0.29) is 17.5 Å². The summed E-state index contributed by atoms with van der Waals surface area (Å²) in [6.07, 6.45) is 1.57. The normalized spacial score (nSPS) is 15.7. The van der Waals surface area contributed by atoms with Crippen LogP contribution in [0, 0.1) is 18.2 Å². The van der Waals surface area contributed by atoms with Crippen molar-refractivity contribution in [1.29, 1.82) is 0 Å². The number of aromatic nitrogens is 3. The van der Waals surface area contributed by atoms with E-state index in [1.807, 2.05) is 29.7 Å². The van der Waals surface area contributed by atoms with Gasteiger partial charge in [-0.25, -0.2) is 14.2 Å². The van der Waals surface area contributed by atoms with Crippen molar-refractivity contribution in [1.82, 2.24) is 14.5 Å². The summed E-state index contributed by atoms with van der Waals surface area (Å²) in [6, 6.07) is 10.3. The fraction of sp³-hybridized carbons (Fsp3) is 0.320. The average Bonchev–Trinajstić information content (AvgIpc) is 3.14. The third kappa shape index (κ3) is 3.84. The number of carbonyl (C=O) groups is 1. The van der Waals surface area contributed by atoms with Gasteiger partial charge in [0, 0.05) is 30.2 Å². The van der Waals surface area contributed by atoms with Gasteiger partial charge >= 0.3 is 13.1 Å². The third-order valence-electron chi connectivity index (χ3n) is 5.91. The lowest BCUT2D eigenvalue weighted by molar-refractivity contribution is 0.0343. The number of ether oxygens (including phenoxy) is 1. The van der Waals surface area contributed by atoms with E-state index in [1.165, 1.54) is 6.07 Å². The van der Waals surface area contributed by atoms with Gasteiger partial charge in [-0.2, -0.15) is 0 Å². The highest BCUT2D eigenvalue weighted by Crippen LogP contribution is 2.30. The molecule has 0 radical (unpaired) electrons. The highest BCUT2D eigenvalue weighted by Gasteiger charge is 2.35. The van der Waals surface area contributed by atoms with Crippen LogP contribution in [0.25, 0.3) is 27.6 Å². The fourth-order valence-corrected chi connectivity index (χ4v) is 4.32. The molecule has 2 aromatic heterocycles. The molecule has 0 aliphatic carbocycles. The number of benzene rings is 2. The quantitative estimate of drug-likeness (QED) is 0.338. The molecule has 0 spiro atoms. The van der Waals surface area contributed by atoms with Crippen LogP contribution in [-0.2, 0) is 14.0 Å². The summed E-state index contributed by atoms with van der Waals surface area (Å²) in [5.74, 6) is -0.234. The molecule has 1 aliphatic heterocycles. The summed E-state index contributed by atoms with van der Waals surface area (Å²) in [4.78, 5) is 21.8. The van der Waals surface area contributed by atoms with Crippen molar-refractivity contribution in [3.05, 3.63) is 59.8 Å². The second-order valence-electron chi connectivity index (χ2n) is 9.24. The second kappa shape index (κ2) is 8.49. The monoisotopic (exact) mass is 461 g/mol. The zero-order valence-electron chi connectivity index (χ0n) is 19.6. The third-order valence-corrected chi connectivity index (χ3v) is 5.91. The first-order valence-corrected chi connectivity index (χ1v) is 11.3. The highest BCUT2D eigenvalue weighted by molar-refractivity contribution is 6.62. The van der Waals surface area contributed by atoms with Crippen molar-refractivity contribution in [2.24, 2.45) is 5.41 Å². The topological polar surface area (TPSA) is 75.5 Å². The largest absolute Gasteiger partial charge is 0.494 e. The Morgan fingerprint density at radius 2 is 1.97 bits per heavy atom. The molecule has 4 aromatic rings. The van der Waals surface area contributed by atoms with Crippen LogP contribution in [0.5, 0.6) is 0 Å². The van der Waals surface area contributed by atoms with Gasteiger partial charge in [0.2, 0.25) is 0 Å². The molecule has 0 unspecified atom stereocenters. The first-order chi connectivity index (χ1) is 16.3. The zero-order valence-corrected chi connectivity index (χ0v) is 19.6. The van der Waals surface area contributed by atoms with Gasteiger partial charge in [-0.1, -0.05) is 26.0 Å². The molecule has 0 amide bonds. The van der Waals surface area contributed by atoms with Crippen molar-refractivity contribution < 1.29 is 23.2 Å². The molecule has 9 heteroatoms. The molecule has 2 aromatic carbocycles. The van der Waals surface area contributed by atoms with E-state index in [0.717, 1.165) is 0 Å². The Bertz CT molecular complexity index is 1410. The lowest BCUT2D eigenvalue weighted by Gasteiger charge is -2.33. The van der Waals surface area contributed by atoms with E-state index >= 15 is 0 Å². The molecule has 3 heterocycles. The molecule has 1 saturated heterocycles. The number of hydrogen-bond donors (Lipinski definition) is 0. The molecule has 0 saturated carbocycles. The minimum absolute atomic E-state index is 0.0943. The van der Waals surface area contributed by atoms with E-state index in [9.17, 15) is 9.18 Å². The first kappa shape index (κ1) is 22.5. The molecular weight excluding hydrogens is 436 g/mol. The van der Waals surface area contributed by atoms with Gasteiger partial charge in [0.15, 0.2) is 0 Å². The predicted octanol–water partition coefficient (Wildman–Crippen LogP) is 3.97. The number of para-hydroxylation sites is 1. The standard InChI is InChI=1S/C25H25BFN3O4/c1-5-32-24(31)18-11-16(26-33-13-25(3,4)14-34-26)12-21-23(18)29-15(2)30(21)20-9-10-28-22-17(20)7-6-8-19(22)27/h6-12H,5,13-14H2,1-4H3. The number of fused-ring (bicyclic) bond motifs is 2. The van der Waals surface area contributed by atoms with E-state index in [0.29, 0.717) is 52.2 Å². The Morgan fingerprint density at radius 1 is 1.21 bits per heavy atom. The maximum Gasteiger partial charge on any atom is 0.494 e. The lowest BCUT2D eigenvalue weighted by atomic mass is 9.75. The number of aryl methyl sites for hydroxylation is 1. The SMILES string of the molecule is CCOC(=O)c1cc(B2OCC(C)(C)CO2)cc2c1nc(C)n2-c1ccnc2c(F)cccc12. The van der Waals surface area contributed by atoms with Gasteiger partial charge in [0.25, 0.3) is 0 Å². The van der Waals surface area contributed by atoms with Gasteiger partial charge in [0.1, 0.15) is 22.7 Å². The number of halogens is 1. The number of esters is 1. The van der Waals surface area contributed by atoms with Gasteiger partial charge in [-0.15, -0.1) is 0 Å². The van der Waals surface area contributed by atoms with E-state index in [4.69, 9.17) is 19.0 Å². The van der Waals surface area contributed by atoms with Crippen LogP contribution < -0.4 is 5.46 Å². The van der Waals surface area contributed by atoms with Crippen molar-refractivity contribution in [3.63, 3.8) is 0 Å². The Kier molecular flexibility index (Phi) is 5.61. The Labute approximate surface area is 197 Å². The predicted molar refractivity (Wildman–Crippen MR) is 128 cm³/mol. The molecule has 0 bridgehead atoms. The minimum Gasteiger partial charge on any atom is -0.462 e. The number of imidazole rings is 1. The zero-order chi connectivity index (χ0) is 24.0. The summed E-state index contributed by atoms with van der Waals surface area (Å²) in [5, 5.41) is 0.639.